The molecular weight excluding hydrogens is 527 g/mol. The molecule has 0 N–H and O–H groups in total. The van der Waals surface area contributed by atoms with Crippen LogP contribution in [0.4, 0.5) is 18.9 Å². The maximum absolute atomic E-state index is 14.1. The van der Waals surface area contributed by atoms with Crippen molar-refractivity contribution in [1.82, 2.24) is 28.8 Å². The van der Waals surface area contributed by atoms with Crippen molar-refractivity contribution >= 4 is 27.5 Å². The lowest BCUT2D eigenvalue weighted by Gasteiger charge is -2.36. The van der Waals surface area contributed by atoms with Gasteiger partial charge in [0.2, 0.25) is 11.8 Å². The molecule has 38 heavy (non-hydrogen) atoms. The number of rotatable bonds is 7. The van der Waals surface area contributed by atoms with Crippen molar-refractivity contribution < 1.29 is 30.8 Å². The lowest BCUT2D eigenvalue weighted by molar-refractivity contribution is -0.129. The van der Waals surface area contributed by atoms with Gasteiger partial charge in [0.15, 0.2) is 0 Å². The maximum Gasteiger partial charge on any atom is 0.314 e. The van der Waals surface area contributed by atoms with Crippen LogP contribution in [0.3, 0.4) is 0 Å². The van der Waals surface area contributed by atoms with E-state index in [1.807, 2.05) is 0 Å². The van der Waals surface area contributed by atoms with E-state index in [1.54, 1.807) is 27.8 Å². The molecule has 0 radical (unpaired) electrons. The van der Waals surface area contributed by atoms with E-state index in [0.717, 1.165) is 10.4 Å². The van der Waals surface area contributed by atoms with E-state index in [-0.39, 0.29) is 50.2 Å². The highest BCUT2D eigenvalue weighted by Crippen LogP contribution is 2.27. The molecule has 5 rings (SSSR count). The standard InChI is InChI=1S/C23H22F3N7O4S/c1-15(34)30-7-9-32(10-8-30)38(35,36)33(19-4-2-3-17(24)12-19)14-18-13-31-6-5-16(11-20(31)27-18)22-28-29-23(37-22)21(25)26/h2-6,11-13,21H,7-10,14H2,1H3. The van der Waals surface area contributed by atoms with E-state index in [0.29, 0.717) is 16.9 Å². The summed E-state index contributed by atoms with van der Waals surface area (Å²) >= 11 is 0. The third-order valence-electron chi connectivity index (χ3n) is 6.07. The molecule has 3 aromatic heterocycles. The summed E-state index contributed by atoms with van der Waals surface area (Å²) in [6, 6.07) is 8.33. The van der Waals surface area contributed by atoms with Crippen molar-refractivity contribution in [2.45, 2.75) is 19.9 Å². The number of amides is 1. The highest BCUT2D eigenvalue weighted by atomic mass is 32.2. The number of benzene rings is 1. The minimum atomic E-state index is -4.13. The number of aromatic nitrogens is 4. The van der Waals surface area contributed by atoms with Crippen molar-refractivity contribution in [2.75, 3.05) is 30.5 Å². The molecule has 1 aliphatic rings. The lowest BCUT2D eigenvalue weighted by Crippen LogP contribution is -2.53. The summed E-state index contributed by atoms with van der Waals surface area (Å²) in [5, 5.41) is 6.95. The van der Waals surface area contributed by atoms with Crippen LogP contribution in [0.25, 0.3) is 17.1 Å². The number of anilines is 1. The summed E-state index contributed by atoms with van der Waals surface area (Å²) in [5.74, 6) is -1.66. The summed E-state index contributed by atoms with van der Waals surface area (Å²) in [4.78, 5) is 17.7. The normalized spacial score (nSPS) is 14.9. The average molecular weight is 550 g/mol. The van der Waals surface area contributed by atoms with Gasteiger partial charge >= 0.3 is 16.6 Å². The molecule has 0 bridgehead atoms. The Bertz CT molecular complexity index is 1580. The first kappa shape index (κ1) is 25.7. The number of hydrogen-bond donors (Lipinski definition) is 0. The summed E-state index contributed by atoms with van der Waals surface area (Å²) in [6.45, 7) is 1.87. The molecule has 1 aliphatic heterocycles. The Morgan fingerprint density at radius 2 is 1.89 bits per heavy atom. The lowest BCUT2D eigenvalue weighted by atomic mass is 10.2. The molecule has 1 amide bonds. The molecule has 4 heterocycles. The quantitative estimate of drug-likeness (QED) is 0.348. The zero-order valence-corrected chi connectivity index (χ0v) is 20.9. The van der Waals surface area contributed by atoms with Gasteiger partial charge in [0.25, 0.3) is 5.89 Å². The van der Waals surface area contributed by atoms with Crippen molar-refractivity contribution in [3.8, 4) is 11.5 Å². The Hall–Kier alpha value is -3.98. The fourth-order valence-electron chi connectivity index (χ4n) is 4.14. The largest absolute Gasteiger partial charge is 0.415 e. The number of imidazole rings is 1. The third kappa shape index (κ3) is 5.06. The van der Waals surface area contributed by atoms with Gasteiger partial charge in [-0.1, -0.05) is 6.07 Å². The molecule has 0 unspecified atom stereocenters. The van der Waals surface area contributed by atoms with Crippen LogP contribution in [-0.4, -0.2) is 69.3 Å². The Balaban J connectivity index is 1.45. The van der Waals surface area contributed by atoms with Gasteiger partial charge in [-0.25, -0.2) is 9.37 Å². The zero-order chi connectivity index (χ0) is 27.0. The number of halogens is 3. The molecule has 4 aromatic rings. The van der Waals surface area contributed by atoms with Gasteiger partial charge in [0.1, 0.15) is 11.5 Å². The van der Waals surface area contributed by atoms with E-state index in [4.69, 9.17) is 4.42 Å². The molecule has 0 spiro atoms. The highest BCUT2D eigenvalue weighted by Gasteiger charge is 2.34. The topological polar surface area (TPSA) is 117 Å². The number of carbonyl (C=O) groups excluding carboxylic acids is 1. The fourth-order valence-corrected chi connectivity index (χ4v) is 5.72. The predicted octanol–water partition coefficient (Wildman–Crippen LogP) is 2.88. The van der Waals surface area contributed by atoms with Crippen molar-refractivity contribution in [3.63, 3.8) is 0 Å². The van der Waals surface area contributed by atoms with Crippen LogP contribution in [0, 0.1) is 5.82 Å². The monoisotopic (exact) mass is 549 g/mol. The number of hydrogen-bond acceptors (Lipinski definition) is 7. The van der Waals surface area contributed by atoms with Crippen LogP contribution >= 0.6 is 0 Å². The zero-order valence-electron chi connectivity index (χ0n) is 20.0. The van der Waals surface area contributed by atoms with Gasteiger partial charge in [-0.3, -0.25) is 9.10 Å². The second-order valence-corrected chi connectivity index (χ2v) is 10.4. The van der Waals surface area contributed by atoms with Gasteiger partial charge < -0.3 is 13.7 Å². The number of carbonyl (C=O) groups is 1. The van der Waals surface area contributed by atoms with Crippen LogP contribution in [0.2, 0.25) is 0 Å². The first-order valence-electron chi connectivity index (χ1n) is 11.5. The van der Waals surface area contributed by atoms with Crippen molar-refractivity contribution in [3.05, 3.63) is 66.2 Å². The fraction of sp³-hybridized carbons (Fsp3) is 0.304. The van der Waals surface area contributed by atoms with E-state index in [9.17, 15) is 26.4 Å². The molecule has 0 atom stereocenters. The molecule has 0 saturated carbocycles. The van der Waals surface area contributed by atoms with Crippen molar-refractivity contribution in [1.29, 1.82) is 0 Å². The predicted molar refractivity (Wildman–Crippen MR) is 129 cm³/mol. The van der Waals surface area contributed by atoms with Crippen molar-refractivity contribution in [2.24, 2.45) is 0 Å². The minimum absolute atomic E-state index is 0.0903. The van der Waals surface area contributed by atoms with Crippen LogP contribution in [-0.2, 0) is 21.5 Å². The van der Waals surface area contributed by atoms with Crippen LogP contribution in [0.1, 0.15) is 24.9 Å². The van der Waals surface area contributed by atoms with Crippen LogP contribution in [0.15, 0.2) is 53.2 Å². The molecular formula is C23H22F3N7O4S. The molecule has 11 nitrogen and oxygen atoms in total. The maximum atomic E-state index is 14.1. The van der Waals surface area contributed by atoms with Gasteiger partial charge in [0.05, 0.1) is 17.9 Å². The van der Waals surface area contributed by atoms with Gasteiger partial charge in [-0.15, -0.1) is 10.2 Å². The molecule has 1 fully saturated rings. The SMILES string of the molecule is CC(=O)N1CCN(S(=O)(=O)N(Cc2cn3ccc(-c4nnc(C(F)F)o4)cc3n2)c2cccc(F)c2)CC1. The molecule has 15 heteroatoms. The van der Waals surface area contributed by atoms with E-state index in [2.05, 4.69) is 15.2 Å². The Morgan fingerprint density at radius 1 is 1.13 bits per heavy atom. The first-order chi connectivity index (χ1) is 18.1. The summed E-state index contributed by atoms with van der Waals surface area (Å²) < 4.78 is 76.0. The second-order valence-electron chi connectivity index (χ2n) is 8.56. The van der Waals surface area contributed by atoms with Gasteiger partial charge in [0, 0.05) is 51.1 Å². The smallest absolute Gasteiger partial charge is 0.314 e. The number of piperazine rings is 1. The van der Waals surface area contributed by atoms with Gasteiger partial charge in [-0.2, -0.15) is 21.5 Å². The molecule has 200 valence electrons. The van der Waals surface area contributed by atoms with E-state index in [1.165, 1.54) is 35.5 Å². The Morgan fingerprint density at radius 3 is 2.55 bits per heavy atom. The number of nitrogens with zero attached hydrogens (tertiary/aromatic N) is 7. The molecule has 0 aliphatic carbocycles. The van der Waals surface area contributed by atoms with E-state index < -0.39 is 28.3 Å². The number of pyridine rings is 1. The number of alkyl halides is 2. The second kappa shape index (κ2) is 10.1. The molecule has 1 saturated heterocycles. The molecule has 1 aromatic carbocycles. The van der Waals surface area contributed by atoms with Gasteiger partial charge in [-0.05, 0) is 30.3 Å². The summed E-state index contributed by atoms with van der Waals surface area (Å²) in [5.41, 5.74) is 1.19. The van der Waals surface area contributed by atoms with Crippen LogP contribution in [0.5, 0.6) is 0 Å². The minimum Gasteiger partial charge on any atom is -0.415 e. The Labute approximate surface area is 215 Å². The number of fused-ring (bicyclic) bond motifs is 1. The Kier molecular flexibility index (Phi) is 6.79. The summed E-state index contributed by atoms with van der Waals surface area (Å²) in [6.07, 6.45) is 0.293. The third-order valence-corrected chi connectivity index (χ3v) is 7.99. The summed E-state index contributed by atoms with van der Waals surface area (Å²) in [7, 11) is -4.13. The first-order valence-corrected chi connectivity index (χ1v) is 12.9. The highest BCUT2D eigenvalue weighted by molar-refractivity contribution is 7.90. The average Bonchev–Trinajstić information content (AvgIpc) is 3.54. The van der Waals surface area contributed by atoms with Crippen LogP contribution < -0.4 is 4.31 Å². The van der Waals surface area contributed by atoms with E-state index >= 15 is 0 Å².